The van der Waals surface area contributed by atoms with Gasteiger partial charge < -0.3 is 0 Å². The predicted molar refractivity (Wildman–Crippen MR) is 90.9 cm³/mol. The van der Waals surface area contributed by atoms with E-state index in [4.69, 9.17) is 0 Å². The molecule has 0 saturated heterocycles. The first-order valence-electron chi connectivity index (χ1n) is 9.88. The minimum Gasteiger partial charge on any atom is -0.300 e. The number of carbonyl (C=O) groups excluding carboxylic acids is 2. The molecule has 4 rings (SSSR count). The molecular formula is C21H32O2. The van der Waals surface area contributed by atoms with Gasteiger partial charge in [0.25, 0.3) is 0 Å². The summed E-state index contributed by atoms with van der Waals surface area (Å²) in [4.78, 5) is 24.1. The highest BCUT2D eigenvalue weighted by Crippen LogP contribution is 2.67. The molecule has 4 saturated carbocycles. The largest absolute Gasteiger partial charge is 0.300 e. The van der Waals surface area contributed by atoms with Crippen LogP contribution in [0.25, 0.3) is 0 Å². The van der Waals surface area contributed by atoms with Gasteiger partial charge >= 0.3 is 0 Å². The van der Waals surface area contributed by atoms with E-state index in [1.165, 1.54) is 32.1 Å². The molecule has 0 amide bonds. The van der Waals surface area contributed by atoms with E-state index in [1.807, 2.05) is 6.92 Å². The van der Waals surface area contributed by atoms with Gasteiger partial charge in [0.05, 0.1) is 0 Å². The minimum absolute atomic E-state index is 0.265. The second kappa shape index (κ2) is 5.17. The Morgan fingerprint density at radius 2 is 1.70 bits per heavy atom. The zero-order chi connectivity index (χ0) is 16.4. The fourth-order valence-electron chi connectivity index (χ4n) is 7.71. The van der Waals surface area contributed by atoms with Crippen LogP contribution >= 0.6 is 0 Å². The molecule has 7 atom stereocenters. The molecule has 0 aromatic carbocycles. The lowest BCUT2D eigenvalue weighted by atomic mass is 9.44. The third kappa shape index (κ3) is 2.12. The molecule has 4 aliphatic rings. The molecule has 2 heteroatoms. The number of ketones is 2. The van der Waals surface area contributed by atoms with Crippen LogP contribution in [0.5, 0.6) is 0 Å². The monoisotopic (exact) mass is 316 g/mol. The molecule has 0 unspecified atom stereocenters. The van der Waals surface area contributed by atoms with Gasteiger partial charge in [0.2, 0.25) is 0 Å². The second-order valence-electron chi connectivity index (χ2n) is 9.68. The summed E-state index contributed by atoms with van der Waals surface area (Å²) in [7, 11) is 0. The molecule has 0 spiro atoms. The molecule has 0 aromatic rings. The smallest absolute Gasteiger partial charge is 0.133 e. The summed E-state index contributed by atoms with van der Waals surface area (Å²) in [6.45, 7) is 6.74. The van der Waals surface area contributed by atoms with E-state index in [2.05, 4.69) is 13.8 Å². The number of fused-ring (bicyclic) bond motifs is 5. The van der Waals surface area contributed by atoms with Crippen LogP contribution in [0.3, 0.4) is 0 Å². The van der Waals surface area contributed by atoms with Crippen LogP contribution in [0.2, 0.25) is 0 Å². The number of carbonyl (C=O) groups is 2. The predicted octanol–water partition coefficient (Wildman–Crippen LogP) is 4.80. The Morgan fingerprint density at radius 3 is 2.43 bits per heavy atom. The molecule has 0 radical (unpaired) electrons. The Bertz CT molecular complexity index is 538. The van der Waals surface area contributed by atoms with Crippen LogP contribution in [-0.2, 0) is 9.59 Å². The van der Waals surface area contributed by atoms with E-state index in [-0.39, 0.29) is 5.41 Å². The normalized spacial score (nSPS) is 52.5. The van der Waals surface area contributed by atoms with E-state index < -0.39 is 0 Å². The van der Waals surface area contributed by atoms with Crippen LogP contribution in [-0.4, -0.2) is 11.6 Å². The van der Waals surface area contributed by atoms with Gasteiger partial charge in [-0.15, -0.1) is 0 Å². The van der Waals surface area contributed by atoms with Crippen molar-refractivity contribution >= 4 is 11.6 Å². The van der Waals surface area contributed by atoms with Gasteiger partial charge in [0, 0.05) is 18.8 Å². The van der Waals surface area contributed by atoms with E-state index in [0.29, 0.717) is 28.8 Å². The third-order valence-corrected chi connectivity index (χ3v) is 8.97. The first-order chi connectivity index (χ1) is 10.9. The molecule has 0 bridgehead atoms. The van der Waals surface area contributed by atoms with E-state index in [9.17, 15) is 9.59 Å². The maximum atomic E-state index is 12.2. The summed E-state index contributed by atoms with van der Waals surface area (Å²) in [5.74, 6) is 4.25. The molecule has 0 N–H and O–H groups in total. The van der Waals surface area contributed by atoms with Gasteiger partial charge in [-0.05, 0) is 86.4 Å². The van der Waals surface area contributed by atoms with E-state index in [1.54, 1.807) is 0 Å². The lowest BCUT2D eigenvalue weighted by Gasteiger charge is -2.60. The van der Waals surface area contributed by atoms with Crippen LogP contribution in [0.1, 0.15) is 78.6 Å². The molecule has 23 heavy (non-hydrogen) atoms. The van der Waals surface area contributed by atoms with E-state index in [0.717, 1.165) is 43.4 Å². The third-order valence-electron chi connectivity index (χ3n) is 8.97. The maximum Gasteiger partial charge on any atom is 0.133 e. The van der Waals surface area contributed by atoms with Gasteiger partial charge in [-0.1, -0.05) is 13.8 Å². The first kappa shape index (κ1) is 15.8. The lowest BCUT2D eigenvalue weighted by molar-refractivity contribution is -0.143. The summed E-state index contributed by atoms with van der Waals surface area (Å²) in [6.07, 6.45) is 10.3. The molecule has 2 nitrogen and oxygen atoms in total. The van der Waals surface area contributed by atoms with Crippen molar-refractivity contribution in [1.82, 2.24) is 0 Å². The molecular weight excluding hydrogens is 284 g/mol. The molecule has 0 aliphatic heterocycles. The van der Waals surface area contributed by atoms with Crippen molar-refractivity contribution in [3.05, 3.63) is 0 Å². The highest BCUT2D eigenvalue weighted by Gasteiger charge is 2.60. The van der Waals surface area contributed by atoms with Gasteiger partial charge in [0.1, 0.15) is 11.6 Å². The van der Waals surface area contributed by atoms with Crippen molar-refractivity contribution in [1.29, 1.82) is 0 Å². The molecule has 0 aromatic heterocycles. The fraction of sp³-hybridized carbons (Fsp3) is 0.905. The Kier molecular flexibility index (Phi) is 3.56. The Hall–Kier alpha value is -0.660. The molecule has 4 aliphatic carbocycles. The van der Waals surface area contributed by atoms with Crippen molar-refractivity contribution < 1.29 is 9.59 Å². The molecule has 0 heterocycles. The van der Waals surface area contributed by atoms with Gasteiger partial charge in [-0.25, -0.2) is 0 Å². The fourth-order valence-corrected chi connectivity index (χ4v) is 7.71. The Morgan fingerprint density at radius 1 is 0.957 bits per heavy atom. The second-order valence-corrected chi connectivity index (χ2v) is 9.68. The highest BCUT2D eigenvalue weighted by molar-refractivity contribution is 5.80. The van der Waals surface area contributed by atoms with Crippen molar-refractivity contribution in [2.75, 3.05) is 0 Å². The molecule has 4 fully saturated rings. The average molecular weight is 316 g/mol. The standard InChI is InChI=1S/C21H32O2/c1-13(22)17-6-7-18-16-5-4-14-12-15(23)8-10-20(14,2)19(16)9-11-21(17,18)3/h14,16-19H,4-12H2,1-3H3/t14-,16+,17+,18-,19-,20-,21+/m0/s1. The lowest BCUT2D eigenvalue weighted by Crippen LogP contribution is -2.53. The van der Waals surface area contributed by atoms with Crippen molar-refractivity contribution in [3.8, 4) is 0 Å². The van der Waals surface area contributed by atoms with Crippen molar-refractivity contribution in [2.45, 2.75) is 78.6 Å². The highest BCUT2D eigenvalue weighted by atomic mass is 16.1. The number of rotatable bonds is 1. The Balaban J connectivity index is 1.63. The van der Waals surface area contributed by atoms with Crippen LogP contribution in [0, 0.1) is 40.4 Å². The topological polar surface area (TPSA) is 34.1 Å². The number of hydrogen-bond acceptors (Lipinski definition) is 2. The van der Waals surface area contributed by atoms with Crippen molar-refractivity contribution in [3.63, 3.8) is 0 Å². The summed E-state index contributed by atoms with van der Waals surface area (Å²) >= 11 is 0. The van der Waals surface area contributed by atoms with Crippen molar-refractivity contribution in [2.24, 2.45) is 40.4 Å². The Labute approximate surface area is 140 Å². The summed E-state index contributed by atoms with van der Waals surface area (Å²) in [6, 6.07) is 0. The summed E-state index contributed by atoms with van der Waals surface area (Å²) in [5, 5.41) is 0. The summed E-state index contributed by atoms with van der Waals surface area (Å²) < 4.78 is 0. The van der Waals surface area contributed by atoms with Crippen LogP contribution in [0.15, 0.2) is 0 Å². The van der Waals surface area contributed by atoms with Crippen LogP contribution in [0.4, 0.5) is 0 Å². The number of hydrogen-bond donors (Lipinski definition) is 0. The van der Waals surface area contributed by atoms with E-state index >= 15 is 0 Å². The zero-order valence-electron chi connectivity index (χ0n) is 15.1. The van der Waals surface area contributed by atoms with Gasteiger partial charge in [-0.3, -0.25) is 9.59 Å². The zero-order valence-corrected chi connectivity index (χ0v) is 15.1. The quantitative estimate of drug-likeness (QED) is 0.696. The number of Topliss-reactive ketones (excluding diaryl/α,β-unsaturated/α-hetero) is 2. The van der Waals surface area contributed by atoms with Gasteiger partial charge in [-0.2, -0.15) is 0 Å². The van der Waals surface area contributed by atoms with Gasteiger partial charge in [0.15, 0.2) is 0 Å². The average Bonchev–Trinajstić information content (AvgIpc) is 2.85. The first-order valence-corrected chi connectivity index (χ1v) is 9.88. The summed E-state index contributed by atoms with van der Waals surface area (Å²) in [5.41, 5.74) is 0.660. The van der Waals surface area contributed by atoms with Crippen LogP contribution < -0.4 is 0 Å². The minimum atomic E-state index is 0.265. The SMILES string of the molecule is CC(=O)[C@H]1CC[C@H]2[C@H]3CC[C@H]4CC(=O)CC[C@]4(C)[C@H]3CC[C@]12C. The maximum absolute atomic E-state index is 12.2. The molecule has 128 valence electrons.